The van der Waals surface area contributed by atoms with E-state index in [0.717, 1.165) is 5.56 Å². The number of carbonyl (C=O) groups is 1. The maximum Gasteiger partial charge on any atom is 0.335 e. The van der Waals surface area contributed by atoms with Crippen LogP contribution in [-0.4, -0.2) is 11.1 Å². The number of benzene rings is 2. The Morgan fingerprint density at radius 2 is 1.79 bits per heavy atom. The SMILES string of the molecule is Cc1cc(C)c(-c2cc(F)cc(Cl)c2)cc1C(=O)O. The lowest BCUT2D eigenvalue weighted by molar-refractivity contribution is 0.0696. The summed E-state index contributed by atoms with van der Waals surface area (Å²) in [6, 6.07) is 7.51. The molecule has 0 saturated carbocycles. The van der Waals surface area contributed by atoms with E-state index in [4.69, 9.17) is 16.7 Å². The first-order valence-corrected chi connectivity index (χ1v) is 6.07. The van der Waals surface area contributed by atoms with Gasteiger partial charge < -0.3 is 5.11 Å². The molecule has 2 aromatic rings. The monoisotopic (exact) mass is 278 g/mol. The van der Waals surface area contributed by atoms with Crippen LogP contribution in [0.15, 0.2) is 30.3 Å². The van der Waals surface area contributed by atoms with E-state index in [0.29, 0.717) is 16.7 Å². The molecule has 0 radical (unpaired) electrons. The molecule has 2 rings (SSSR count). The molecule has 0 aliphatic rings. The molecule has 0 atom stereocenters. The van der Waals surface area contributed by atoms with Gasteiger partial charge in [0.05, 0.1) is 5.56 Å². The summed E-state index contributed by atoms with van der Waals surface area (Å²) in [7, 11) is 0. The summed E-state index contributed by atoms with van der Waals surface area (Å²) in [6.45, 7) is 3.59. The van der Waals surface area contributed by atoms with Crippen LogP contribution in [0.1, 0.15) is 21.5 Å². The summed E-state index contributed by atoms with van der Waals surface area (Å²) in [5.74, 6) is -1.44. The fraction of sp³-hybridized carbons (Fsp3) is 0.133. The Kier molecular flexibility index (Phi) is 3.58. The van der Waals surface area contributed by atoms with Crippen molar-refractivity contribution in [1.82, 2.24) is 0 Å². The average Bonchev–Trinajstić information content (AvgIpc) is 2.26. The zero-order valence-electron chi connectivity index (χ0n) is 10.5. The van der Waals surface area contributed by atoms with Gasteiger partial charge in [-0.3, -0.25) is 0 Å². The predicted molar refractivity (Wildman–Crippen MR) is 73.3 cm³/mol. The molecule has 0 aliphatic carbocycles. The maximum absolute atomic E-state index is 13.4. The second kappa shape index (κ2) is 5.02. The van der Waals surface area contributed by atoms with E-state index in [1.54, 1.807) is 25.1 Å². The van der Waals surface area contributed by atoms with Gasteiger partial charge in [0.1, 0.15) is 5.82 Å². The number of aryl methyl sites for hydroxylation is 2. The van der Waals surface area contributed by atoms with Crippen molar-refractivity contribution in [1.29, 1.82) is 0 Å². The highest BCUT2D eigenvalue weighted by molar-refractivity contribution is 6.30. The summed E-state index contributed by atoms with van der Waals surface area (Å²) < 4.78 is 13.4. The molecule has 4 heteroatoms. The van der Waals surface area contributed by atoms with Crippen LogP contribution in [0, 0.1) is 19.7 Å². The highest BCUT2D eigenvalue weighted by Crippen LogP contribution is 2.29. The van der Waals surface area contributed by atoms with E-state index in [-0.39, 0.29) is 10.6 Å². The second-order valence-corrected chi connectivity index (χ2v) is 4.88. The average molecular weight is 279 g/mol. The van der Waals surface area contributed by atoms with Gasteiger partial charge in [-0.05, 0) is 60.4 Å². The standard InChI is InChI=1S/C15H12ClFO2/c1-8-3-9(2)14(15(18)19)7-13(8)10-4-11(16)6-12(17)5-10/h3-7H,1-2H3,(H,18,19). The lowest BCUT2D eigenvalue weighted by atomic mass is 9.95. The Labute approximate surface area is 115 Å². The molecule has 1 N–H and O–H groups in total. The number of carboxylic acids is 1. The van der Waals surface area contributed by atoms with Gasteiger partial charge in [-0.25, -0.2) is 9.18 Å². The first-order valence-electron chi connectivity index (χ1n) is 5.69. The Bertz CT molecular complexity index is 645. The van der Waals surface area contributed by atoms with Crippen molar-refractivity contribution < 1.29 is 14.3 Å². The highest BCUT2D eigenvalue weighted by Gasteiger charge is 2.12. The smallest absolute Gasteiger partial charge is 0.335 e. The number of carboxylic acid groups (broad SMARTS) is 1. The zero-order valence-corrected chi connectivity index (χ0v) is 11.3. The summed E-state index contributed by atoms with van der Waals surface area (Å²) in [4.78, 5) is 11.2. The molecule has 2 aromatic carbocycles. The minimum Gasteiger partial charge on any atom is -0.478 e. The van der Waals surface area contributed by atoms with Gasteiger partial charge in [0, 0.05) is 5.02 Å². The van der Waals surface area contributed by atoms with Gasteiger partial charge >= 0.3 is 5.97 Å². The maximum atomic E-state index is 13.4. The van der Waals surface area contributed by atoms with Gasteiger partial charge in [-0.15, -0.1) is 0 Å². The molecule has 0 fully saturated rings. The quantitative estimate of drug-likeness (QED) is 0.880. The van der Waals surface area contributed by atoms with Crippen molar-refractivity contribution in [3.8, 4) is 11.1 Å². The Hall–Kier alpha value is -1.87. The van der Waals surface area contributed by atoms with Crippen LogP contribution in [0.5, 0.6) is 0 Å². The van der Waals surface area contributed by atoms with Crippen molar-refractivity contribution in [2.45, 2.75) is 13.8 Å². The lowest BCUT2D eigenvalue weighted by Gasteiger charge is -2.10. The Balaban J connectivity index is 2.67. The van der Waals surface area contributed by atoms with Gasteiger partial charge in [0.25, 0.3) is 0 Å². The van der Waals surface area contributed by atoms with Crippen LogP contribution in [0.2, 0.25) is 5.02 Å². The van der Waals surface area contributed by atoms with E-state index in [1.165, 1.54) is 12.1 Å². The third kappa shape index (κ3) is 2.76. The fourth-order valence-corrected chi connectivity index (χ4v) is 2.32. The number of rotatable bonds is 2. The van der Waals surface area contributed by atoms with Crippen LogP contribution in [0.4, 0.5) is 4.39 Å². The fourth-order valence-electron chi connectivity index (χ4n) is 2.10. The summed E-state index contributed by atoms with van der Waals surface area (Å²) in [5.41, 5.74) is 3.01. The Morgan fingerprint density at radius 3 is 2.37 bits per heavy atom. The van der Waals surface area contributed by atoms with E-state index < -0.39 is 11.8 Å². The molecule has 2 nitrogen and oxygen atoms in total. The van der Waals surface area contributed by atoms with Crippen LogP contribution >= 0.6 is 11.6 Å². The molecule has 0 saturated heterocycles. The molecule has 19 heavy (non-hydrogen) atoms. The number of aromatic carboxylic acids is 1. The number of halogens is 2. The molecule has 0 unspecified atom stereocenters. The van der Waals surface area contributed by atoms with E-state index in [9.17, 15) is 9.18 Å². The van der Waals surface area contributed by atoms with Gasteiger partial charge in [-0.2, -0.15) is 0 Å². The van der Waals surface area contributed by atoms with Crippen molar-refractivity contribution in [3.63, 3.8) is 0 Å². The molecule has 0 aromatic heterocycles. The zero-order chi connectivity index (χ0) is 14.2. The largest absolute Gasteiger partial charge is 0.478 e. The normalized spacial score (nSPS) is 10.5. The molecular formula is C15H12ClFO2. The van der Waals surface area contributed by atoms with Gasteiger partial charge in [0.2, 0.25) is 0 Å². The van der Waals surface area contributed by atoms with Crippen LogP contribution in [0.3, 0.4) is 0 Å². The minimum atomic E-state index is -0.999. The van der Waals surface area contributed by atoms with Crippen LogP contribution < -0.4 is 0 Å². The van der Waals surface area contributed by atoms with Crippen molar-refractivity contribution >= 4 is 17.6 Å². The van der Waals surface area contributed by atoms with Crippen molar-refractivity contribution in [2.24, 2.45) is 0 Å². The molecular weight excluding hydrogens is 267 g/mol. The second-order valence-electron chi connectivity index (χ2n) is 4.45. The van der Waals surface area contributed by atoms with Crippen LogP contribution in [0.25, 0.3) is 11.1 Å². The summed E-state index contributed by atoms with van der Waals surface area (Å²) in [5, 5.41) is 9.42. The highest BCUT2D eigenvalue weighted by atomic mass is 35.5. The first kappa shape index (κ1) is 13.6. The predicted octanol–water partition coefficient (Wildman–Crippen LogP) is 4.46. The molecule has 0 bridgehead atoms. The van der Waals surface area contributed by atoms with E-state index in [2.05, 4.69) is 0 Å². The molecule has 0 spiro atoms. The molecule has 0 heterocycles. The minimum absolute atomic E-state index is 0.209. The summed E-state index contributed by atoms with van der Waals surface area (Å²) >= 11 is 5.83. The molecule has 0 amide bonds. The van der Waals surface area contributed by atoms with Gasteiger partial charge in [-0.1, -0.05) is 17.7 Å². The van der Waals surface area contributed by atoms with Crippen molar-refractivity contribution in [3.05, 3.63) is 57.9 Å². The van der Waals surface area contributed by atoms with E-state index in [1.807, 2.05) is 6.92 Å². The third-order valence-electron chi connectivity index (χ3n) is 2.98. The summed E-state index contributed by atoms with van der Waals surface area (Å²) in [6.07, 6.45) is 0. The molecule has 0 aliphatic heterocycles. The van der Waals surface area contributed by atoms with Gasteiger partial charge in [0.15, 0.2) is 0 Å². The Morgan fingerprint density at radius 1 is 1.11 bits per heavy atom. The van der Waals surface area contributed by atoms with E-state index >= 15 is 0 Å². The third-order valence-corrected chi connectivity index (χ3v) is 3.19. The number of hydrogen-bond acceptors (Lipinski definition) is 1. The first-order chi connectivity index (χ1) is 8.88. The topological polar surface area (TPSA) is 37.3 Å². The molecule has 98 valence electrons. The number of hydrogen-bond donors (Lipinski definition) is 1. The van der Waals surface area contributed by atoms with Crippen molar-refractivity contribution in [2.75, 3.05) is 0 Å². The lowest BCUT2D eigenvalue weighted by Crippen LogP contribution is -2.01. The van der Waals surface area contributed by atoms with Crippen LogP contribution in [-0.2, 0) is 0 Å².